The Morgan fingerprint density at radius 1 is 1.29 bits per heavy atom. The first-order valence-electron chi connectivity index (χ1n) is 13.8. The van der Waals surface area contributed by atoms with Crippen LogP contribution in [0, 0.1) is 0 Å². The smallest absolute Gasteiger partial charge is 0.378 e. The number of nitrogens with zero attached hydrogens (tertiary/aromatic N) is 5. The third-order valence-corrected chi connectivity index (χ3v) is 7.33. The Morgan fingerprint density at radius 2 is 2.05 bits per heavy atom. The molecule has 7 nitrogen and oxygen atoms in total. The molecule has 0 amide bonds. The number of aliphatic hydroxyl groups is 1. The van der Waals surface area contributed by atoms with Gasteiger partial charge in [-0.3, -0.25) is 14.8 Å². The number of rotatable bonds is 10. The number of hydrogen-bond acceptors (Lipinski definition) is 6. The van der Waals surface area contributed by atoms with Gasteiger partial charge in [0.1, 0.15) is 5.82 Å². The summed E-state index contributed by atoms with van der Waals surface area (Å²) in [6.07, 6.45) is 2.02. The van der Waals surface area contributed by atoms with Gasteiger partial charge in [-0.05, 0) is 70.6 Å². The fourth-order valence-electron chi connectivity index (χ4n) is 5.55. The van der Waals surface area contributed by atoms with Crippen molar-refractivity contribution in [3.05, 3.63) is 52.9 Å². The topological polar surface area (TPSA) is 69.4 Å². The van der Waals surface area contributed by atoms with Crippen molar-refractivity contribution in [1.29, 1.82) is 0 Å². The van der Waals surface area contributed by atoms with Crippen LogP contribution in [0.25, 0.3) is 6.08 Å². The van der Waals surface area contributed by atoms with Crippen LogP contribution in [0.4, 0.5) is 13.2 Å². The van der Waals surface area contributed by atoms with Crippen LogP contribution in [0.5, 0.6) is 0 Å². The highest BCUT2D eigenvalue weighted by Crippen LogP contribution is 2.40. The van der Waals surface area contributed by atoms with E-state index in [-0.39, 0.29) is 30.1 Å². The van der Waals surface area contributed by atoms with Gasteiger partial charge in [-0.1, -0.05) is 32.9 Å². The average Bonchev–Trinajstić information content (AvgIpc) is 3.28. The first kappa shape index (κ1) is 30.3. The monoisotopic (exact) mass is 536 g/mol. The van der Waals surface area contributed by atoms with E-state index >= 15 is 0 Å². The molecule has 1 aliphatic carbocycles. The van der Waals surface area contributed by atoms with E-state index in [1.807, 2.05) is 51.9 Å². The summed E-state index contributed by atoms with van der Waals surface area (Å²) in [7, 11) is 3.79. The molecule has 212 valence electrons. The molecule has 0 aromatic carbocycles. The third-order valence-electron chi connectivity index (χ3n) is 7.33. The number of pyridine rings is 1. The predicted molar refractivity (Wildman–Crippen MR) is 144 cm³/mol. The summed E-state index contributed by atoms with van der Waals surface area (Å²) in [4.78, 5) is 13.4. The van der Waals surface area contributed by atoms with E-state index in [1.165, 1.54) is 5.56 Å². The largest absolute Gasteiger partial charge is 0.420 e. The highest BCUT2D eigenvalue weighted by molar-refractivity contribution is 5.46. The SMILES string of the molecule is CC.CCN(CCCNC)C1CC=Cc2nc(CN(C)C3CCCc4cccnc43)c(C(O)C(F)(F)F)n21. The summed E-state index contributed by atoms with van der Waals surface area (Å²) >= 11 is 0. The number of hydrogen-bond donors (Lipinski definition) is 2. The molecule has 0 saturated heterocycles. The van der Waals surface area contributed by atoms with Gasteiger partial charge in [0.15, 0.2) is 6.10 Å². The Labute approximate surface area is 224 Å². The summed E-state index contributed by atoms with van der Waals surface area (Å²) in [5.41, 5.74) is 2.28. The zero-order valence-electron chi connectivity index (χ0n) is 23.3. The van der Waals surface area contributed by atoms with Crippen molar-refractivity contribution in [2.24, 2.45) is 0 Å². The van der Waals surface area contributed by atoms with Crippen LogP contribution in [-0.4, -0.2) is 69.3 Å². The van der Waals surface area contributed by atoms with Crippen LogP contribution >= 0.6 is 0 Å². The van der Waals surface area contributed by atoms with Crippen LogP contribution < -0.4 is 5.32 Å². The van der Waals surface area contributed by atoms with Crippen molar-refractivity contribution in [1.82, 2.24) is 29.7 Å². The molecule has 0 radical (unpaired) electrons. The normalized spacial score (nSPS) is 19.7. The second kappa shape index (κ2) is 13.7. The number of imidazole rings is 1. The Morgan fingerprint density at radius 3 is 2.74 bits per heavy atom. The highest BCUT2D eigenvalue weighted by Gasteiger charge is 2.45. The molecule has 0 spiro atoms. The van der Waals surface area contributed by atoms with Gasteiger partial charge in [0.05, 0.1) is 29.3 Å². The minimum Gasteiger partial charge on any atom is -0.378 e. The first-order chi connectivity index (χ1) is 18.3. The lowest BCUT2D eigenvalue weighted by Gasteiger charge is -2.36. The van der Waals surface area contributed by atoms with Crippen molar-refractivity contribution in [2.75, 3.05) is 33.7 Å². The molecule has 3 unspecified atom stereocenters. The van der Waals surface area contributed by atoms with E-state index in [4.69, 9.17) is 0 Å². The van der Waals surface area contributed by atoms with E-state index in [2.05, 4.69) is 26.3 Å². The molecule has 0 saturated carbocycles. The fraction of sp³-hybridized carbons (Fsp3) is 0.643. The van der Waals surface area contributed by atoms with E-state index in [1.54, 1.807) is 16.8 Å². The van der Waals surface area contributed by atoms with Gasteiger partial charge < -0.3 is 15.0 Å². The second-order valence-corrected chi connectivity index (χ2v) is 9.69. The first-order valence-corrected chi connectivity index (χ1v) is 13.8. The van der Waals surface area contributed by atoms with E-state index in [9.17, 15) is 18.3 Å². The maximum Gasteiger partial charge on any atom is 0.420 e. The summed E-state index contributed by atoms with van der Waals surface area (Å²) in [5.74, 6) is 0.460. The summed E-state index contributed by atoms with van der Waals surface area (Å²) in [6.45, 7) is 8.43. The van der Waals surface area contributed by atoms with Gasteiger partial charge in [0.25, 0.3) is 0 Å². The third kappa shape index (κ3) is 6.65. The van der Waals surface area contributed by atoms with Gasteiger partial charge >= 0.3 is 6.18 Å². The molecule has 38 heavy (non-hydrogen) atoms. The molecule has 3 atom stereocenters. The number of aliphatic hydroxyl groups excluding tert-OH is 1. The molecule has 2 aliphatic rings. The van der Waals surface area contributed by atoms with Crippen LogP contribution in [-0.2, 0) is 13.0 Å². The molecule has 2 N–H and O–H groups in total. The van der Waals surface area contributed by atoms with Gasteiger partial charge in [-0.25, -0.2) is 4.98 Å². The fourth-order valence-corrected chi connectivity index (χ4v) is 5.55. The molecular weight excluding hydrogens is 493 g/mol. The van der Waals surface area contributed by atoms with E-state index in [0.29, 0.717) is 18.8 Å². The molecule has 0 fully saturated rings. The highest BCUT2D eigenvalue weighted by atomic mass is 19.4. The Balaban J connectivity index is 0.00000195. The molecule has 10 heteroatoms. The predicted octanol–water partition coefficient (Wildman–Crippen LogP) is 5.26. The van der Waals surface area contributed by atoms with Gasteiger partial charge in [-0.15, -0.1) is 0 Å². The zero-order chi connectivity index (χ0) is 27.9. The number of aromatic nitrogens is 3. The van der Waals surface area contributed by atoms with Crippen LogP contribution in [0.15, 0.2) is 24.4 Å². The van der Waals surface area contributed by atoms with Gasteiger partial charge in [-0.2, -0.15) is 13.2 Å². The van der Waals surface area contributed by atoms with Gasteiger partial charge in [0.2, 0.25) is 0 Å². The Hall–Kier alpha value is -2.27. The number of halogens is 3. The standard InChI is InChI=1S/C26H37F3N6O.C2H6/c1-4-34(16-8-14-30-2)22-13-6-12-21-32-19(24(35(21)22)25(36)26(27,28)29)17-33(3)20-11-5-9-18-10-7-15-31-23(18)20;1-2/h6-7,10,12,15,20,22,25,30,36H,4-5,8-9,11,13-14,16-17H2,1-3H3;1-2H3. The van der Waals surface area contributed by atoms with Crippen LogP contribution in [0.1, 0.15) is 93.2 Å². The summed E-state index contributed by atoms with van der Waals surface area (Å²) in [6, 6.07) is 3.98. The molecule has 3 heterocycles. The zero-order valence-corrected chi connectivity index (χ0v) is 23.3. The molecular formula is C28H43F3N6O. The summed E-state index contributed by atoms with van der Waals surface area (Å²) in [5, 5.41) is 13.7. The van der Waals surface area contributed by atoms with Gasteiger partial charge in [0, 0.05) is 25.7 Å². The maximum atomic E-state index is 14.0. The van der Waals surface area contributed by atoms with Crippen molar-refractivity contribution in [3.63, 3.8) is 0 Å². The number of fused-ring (bicyclic) bond motifs is 2. The van der Waals surface area contributed by atoms with E-state index < -0.39 is 12.3 Å². The molecule has 2 aromatic heterocycles. The van der Waals surface area contributed by atoms with Crippen molar-refractivity contribution in [3.8, 4) is 0 Å². The number of nitrogens with one attached hydrogen (secondary N) is 1. The van der Waals surface area contributed by atoms with Crippen molar-refractivity contribution >= 4 is 6.08 Å². The van der Waals surface area contributed by atoms with E-state index in [0.717, 1.165) is 44.5 Å². The van der Waals surface area contributed by atoms with Crippen molar-refractivity contribution in [2.45, 2.75) is 83.9 Å². The maximum absolute atomic E-state index is 14.0. The number of alkyl halides is 3. The minimum absolute atomic E-state index is 0.00965. The second-order valence-electron chi connectivity index (χ2n) is 9.69. The average molecular weight is 537 g/mol. The summed E-state index contributed by atoms with van der Waals surface area (Å²) < 4.78 is 43.5. The van der Waals surface area contributed by atoms with Crippen LogP contribution in [0.2, 0.25) is 0 Å². The lowest BCUT2D eigenvalue weighted by Crippen LogP contribution is -2.38. The Bertz CT molecular complexity index is 1050. The molecule has 4 rings (SSSR count). The lowest BCUT2D eigenvalue weighted by molar-refractivity contribution is -0.209. The van der Waals surface area contributed by atoms with Crippen molar-refractivity contribution < 1.29 is 18.3 Å². The minimum atomic E-state index is -4.79. The lowest BCUT2D eigenvalue weighted by atomic mass is 9.91. The number of aryl methyl sites for hydroxylation is 1. The quantitative estimate of drug-likeness (QED) is 0.404. The van der Waals surface area contributed by atoms with Crippen LogP contribution in [0.3, 0.4) is 0 Å². The molecule has 2 aromatic rings. The molecule has 1 aliphatic heterocycles. The Kier molecular flexibility index (Phi) is 10.9. The molecule has 0 bridgehead atoms.